The molecular formula is C12H20N2O2S. The van der Waals surface area contributed by atoms with E-state index in [1.54, 1.807) is 13.2 Å². The largest absolute Gasteiger partial charge is 0.468 e. The van der Waals surface area contributed by atoms with Crippen molar-refractivity contribution in [2.24, 2.45) is 11.5 Å². The van der Waals surface area contributed by atoms with Gasteiger partial charge in [-0.3, -0.25) is 4.79 Å². The molecule has 4 nitrogen and oxygen atoms in total. The molecule has 1 heterocycles. The van der Waals surface area contributed by atoms with Crippen LogP contribution in [0.3, 0.4) is 0 Å². The lowest BCUT2D eigenvalue weighted by atomic mass is 9.96. The van der Waals surface area contributed by atoms with Gasteiger partial charge in [0.05, 0.1) is 17.6 Å². The van der Waals surface area contributed by atoms with Crippen LogP contribution in [0.25, 0.3) is 0 Å². The Hall–Kier alpha value is -0.940. The van der Waals surface area contributed by atoms with E-state index >= 15 is 0 Å². The molecule has 0 aliphatic carbocycles. The highest BCUT2D eigenvalue weighted by Crippen LogP contribution is 2.16. The predicted molar refractivity (Wildman–Crippen MR) is 70.5 cm³/mol. The van der Waals surface area contributed by atoms with Crippen LogP contribution in [-0.4, -0.2) is 17.2 Å². The van der Waals surface area contributed by atoms with Crippen LogP contribution in [0.15, 0.2) is 22.8 Å². The van der Waals surface area contributed by atoms with Gasteiger partial charge >= 0.3 is 0 Å². The van der Waals surface area contributed by atoms with Gasteiger partial charge in [0.2, 0.25) is 5.91 Å². The molecule has 0 saturated carbocycles. The lowest BCUT2D eigenvalue weighted by molar-refractivity contribution is -0.122. The van der Waals surface area contributed by atoms with Crippen LogP contribution >= 0.6 is 11.8 Å². The molecule has 1 aromatic rings. The molecule has 0 aliphatic rings. The summed E-state index contributed by atoms with van der Waals surface area (Å²) in [4.78, 5) is 11.0. The Bertz CT molecular complexity index is 336. The Labute approximate surface area is 106 Å². The van der Waals surface area contributed by atoms with Gasteiger partial charge in [0.25, 0.3) is 0 Å². The van der Waals surface area contributed by atoms with E-state index < -0.39 is 11.4 Å². The van der Waals surface area contributed by atoms with Crippen LogP contribution in [0.4, 0.5) is 0 Å². The van der Waals surface area contributed by atoms with Crippen LogP contribution in [0.1, 0.15) is 31.9 Å². The second-order valence-corrected chi connectivity index (χ2v) is 5.48. The SMILES string of the molecule is CC(N)(CCCCSCc1ccco1)C(N)=O. The van der Waals surface area contributed by atoms with E-state index in [0.717, 1.165) is 30.1 Å². The van der Waals surface area contributed by atoms with Crippen molar-refractivity contribution >= 4 is 17.7 Å². The van der Waals surface area contributed by atoms with E-state index in [0.29, 0.717) is 6.42 Å². The highest BCUT2D eigenvalue weighted by atomic mass is 32.2. The molecule has 1 aromatic heterocycles. The quantitative estimate of drug-likeness (QED) is 0.696. The van der Waals surface area contributed by atoms with E-state index in [1.807, 2.05) is 23.9 Å². The molecule has 1 rings (SSSR count). The van der Waals surface area contributed by atoms with Gasteiger partial charge in [-0.1, -0.05) is 6.42 Å². The van der Waals surface area contributed by atoms with Crippen molar-refractivity contribution in [3.05, 3.63) is 24.2 Å². The van der Waals surface area contributed by atoms with Crippen LogP contribution in [0, 0.1) is 0 Å². The molecule has 5 heteroatoms. The maximum absolute atomic E-state index is 11.0. The molecule has 0 radical (unpaired) electrons. The molecule has 0 aliphatic heterocycles. The van der Waals surface area contributed by atoms with Crippen LogP contribution in [0.5, 0.6) is 0 Å². The first-order valence-electron chi connectivity index (χ1n) is 5.71. The number of primary amides is 1. The van der Waals surface area contributed by atoms with Crippen LogP contribution in [-0.2, 0) is 10.5 Å². The number of unbranched alkanes of at least 4 members (excludes halogenated alkanes) is 1. The predicted octanol–water partition coefficient (Wildman–Crippen LogP) is 1.89. The zero-order valence-corrected chi connectivity index (χ0v) is 11.0. The minimum atomic E-state index is -0.869. The number of amides is 1. The Kier molecular flexibility index (Phi) is 5.58. The summed E-state index contributed by atoms with van der Waals surface area (Å²) < 4.78 is 5.22. The fourth-order valence-corrected chi connectivity index (χ4v) is 2.31. The van der Waals surface area contributed by atoms with Crippen LogP contribution in [0.2, 0.25) is 0 Å². The number of carbonyl (C=O) groups is 1. The number of carbonyl (C=O) groups excluding carboxylic acids is 1. The highest BCUT2D eigenvalue weighted by molar-refractivity contribution is 7.98. The minimum absolute atomic E-state index is 0.430. The lowest BCUT2D eigenvalue weighted by Gasteiger charge is -2.19. The molecule has 0 spiro atoms. The Balaban J connectivity index is 2.03. The minimum Gasteiger partial charge on any atom is -0.468 e. The van der Waals surface area contributed by atoms with Crippen molar-refractivity contribution in [1.29, 1.82) is 0 Å². The Morgan fingerprint density at radius 3 is 2.88 bits per heavy atom. The topological polar surface area (TPSA) is 82.2 Å². The monoisotopic (exact) mass is 256 g/mol. The second kappa shape index (κ2) is 6.71. The number of furan rings is 1. The third-order valence-corrected chi connectivity index (χ3v) is 3.69. The fraction of sp³-hybridized carbons (Fsp3) is 0.583. The van der Waals surface area contributed by atoms with E-state index in [4.69, 9.17) is 15.9 Å². The number of thioether (sulfide) groups is 1. The summed E-state index contributed by atoms with van der Waals surface area (Å²) in [6.45, 7) is 1.69. The molecule has 0 fully saturated rings. The first kappa shape index (κ1) is 14.1. The van der Waals surface area contributed by atoms with Crippen molar-refractivity contribution in [3.8, 4) is 0 Å². The summed E-state index contributed by atoms with van der Waals surface area (Å²) in [5.74, 6) is 2.50. The molecule has 0 bridgehead atoms. The molecule has 1 unspecified atom stereocenters. The Morgan fingerprint density at radius 1 is 1.53 bits per heavy atom. The molecule has 0 aromatic carbocycles. The van der Waals surface area contributed by atoms with Crippen molar-refractivity contribution in [1.82, 2.24) is 0 Å². The van der Waals surface area contributed by atoms with E-state index in [1.165, 1.54) is 0 Å². The molecule has 0 saturated heterocycles. The van der Waals surface area contributed by atoms with Gasteiger partial charge in [-0.05, 0) is 37.7 Å². The number of hydrogen-bond acceptors (Lipinski definition) is 4. The molecule has 1 amide bonds. The van der Waals surface area contributed by atoms with Gasteiger partial charge in [0, 0.05) is 0 Å². The molecule has 17 heavy (non-hydrogen) atoms. The van der Waals surface area contributed by atoms with Crippen molar-refractivity contribution in [2.75, 3.05) is 5.75 Å². The van der Waals surface area contributed by atoms with Crippen molar-refractivity contribution in [2.45, 2.75) is 37.5 Å². The summed E-state index contributed by atoms with van der Waals surface area (Å²) in [5, 5.41) is 0. The molecule has 1 atom stereocenters. The van der Waals surface area contributed by atoms with Gasteiger partial charge in [-0.2, -0.15) is 11.8 Å². The summed E-state index contributed by atoms with van der Waals surface area (Å²) >= 11 is 1.82. The molecule has 96 valence electrons. The highest BCUT2D eigenvalue weighted by Gasteiger charge is 2.24. The first-order valence-corrected chi connectivity index (χ1v) is 6.87. The summed E-state index contributed by atoms with van der Waals surface area (Å²) in [6.07, 6.45) is 4.28. The molecule has 4 N–H and O–H groups in total. The van der Waals surface area contributed by atoms with Gasteiger partial charge in [0.1, 0.15) is 5.76 Å². The third-order valence-electron chi connectivity index (χ3n) is 2.62. The normalized spacial score (nSPS) is 14.5. The van der Waals surface area contributed by atoms with E-state index in [2.05, 4.69) is 0 Å². The standard InChI is InChI=1S/C12H20N2O2S/c1-12(14,11(13)15)6-2-3-8-17-9-10-5-4-7-16-10/h4-5,7H,2-3,6,8-9,14H2,1H3,(H2,13,15). The van der Waals surface area contributed by atoms with E-state index in [9.17, 15) is 4.79 Å². The van der Waals surface area contributed by atoms with Crippen molar-refractivity contribution in [3.63, 3.8) is 0 Å². The zero-order valence-electron chi connectivity index (χ0n) is 10.1. The average Bonchev–Trinajstić information content (AvgIpc) is 2.75. The van der Waals surface area contributed by atoms with Gasteiger partial charge in [-0.25, -0.2) is 0 Å². The van der Waals surface area contributed by atoms with E-state index in [-0.39, 0.29) is 0 Å². The number of rotatable bonds is 8. The third kappa shape index (κ3) is 5.28. The van der Waals surface area contributed by atoms with Crippen LogP contribution < -0.4 is 11.5 Å². The lowest BCUT2D eigenvalue weighted by Crippen LogP contribution is -2.49. The summed E-state index contributed by atoms with van der Waals surface area (Å²) in [5.41, 5.74) is 10.1. The fourth-order valence-electron chi connectivity index (χ4n) is 1.39. The first-order chi connectivity index (χ1) is 8.02. The number of nitrogens with two attached hydrogens (primary N) is 2. The molecular weight excluding hydrogens is 236 g/mol. The Morgan fingerprint density at radius 2 is 2.29 bits per heavy atom. The maximum Gasteiger partial charge on any atom is 0.237 e. The zero-order chi connectivity index (χ0) is 12.7. The smallest absolute Gasteiger partial charge is 0.237 e. The summed E-state index contributed by atoms with van der Waals surface area (Å²) in [7, 11) is 0. The second-order valence-electron chi connectivity index (χ2n) is 4.37. The van der Waals surface area contributed by atoms with Crippen molar-refractivity contribution < 1.29 is 9.21 Å². The average molecular weight is 256 g/mol. The van der Waals surface area contributed by atoms with Gasteiger partial charge < -0.3 is 15.9 Å². The van der Waals surface area contributed by atoms with Gasteiger partial charge in [0.15, 0.2) is 0 Å². The summed E-state index contributed by atoms with van der Waals surface area (Å²) in [6, 6.07) is 3.86. The maximum atomic E-state index is 11.0. The van der Waals surface area contributed by atoms with Gasteiger partial charge in [-0.15, -0.1) is 0 Å². The number of hydrogen-bond donors (Lipinski definition) is 2.